The van der Waals surface area contributed by atoms with Gasteiger partial charge in [-0.2, -0.15) is 0 Å². The minimum atomic E-state index is -0.502. The lowest BCUT2D eigenvalue weighted by Gasteiger charge is -2.40. The molecule has 2 aromatic heterocycles. The molecule has 1 fully saturated rings. The third-order valence-electron chi connectivity index (χ3n) is 7.17. The van der Waals surface area contributed by atoms with E-state index in [0.717, 1.165) is 30.5 Å². The van der Waals surface area contributed by atoms with Crippen LogP contribution < -0.4 is 4.74 Å². The number of imidazole rings is 1. The molecule has 1 aromatic carbocycles. The van der Waals surface area contributed by atoms with E-state index >= 15 is 0 Å². The van der Waals surface area contributed by atoms with Crippen LogP contribution >= 0.6 is 11.6 Å². The van der Waals surface area contributed by atoms with Crippen LogP contribution in [-0.2, 0) is 18.5 Å². The Bertz CT molecular complexity index is 1300. The number of carbonyl (C=O) groups is 1. The summed E-state index contributed by atoms with van der Waals surface area (Å²) in [6, 6.07) is 5.50. The zero-order chi connectivity index (χ0) is 25.6. The molecular formula is C27H31ClFN5O2. The van der Waals surface area contributed by atoms with Crippen LogP contribution in [0.1, 0.15) is 65.5 Å². The number of halogens is 2. The lowest BCUT2D eigenvalue weighted by molar-refractivity contribution is 0.0633. The smallest absolute Gasteiger partial charge is 0.254 e. The van der Waals surface area contributed by atoms with Gasteiger partial charge in [-0.05, 0) is 75.1 Å². The van der Waals surface area contributed by atoms with Gasteiger partial charge in [0.15, 0.2) is 11.6 Å². The quantitative estimate of drug-likeness (QED) is 0.433. The number of rotatable bonds is 8. The van der Waals surface area contributed by atoms with E-state index in [0.29, 0.717) is 30.7 Å². The molecule has 0 unspecified atom stereocenters. The van der Waals surface area contributed by atoms with Crippen molar-refractivity contribution < 1.29 is 13.9 Å². The number of hydrogen-bond acceptors (Lipinski definition) is 5. The Labute approximate surface area is 215 Å². The van der Waals surface area contributed by atoms with Crippen molar-refractivity contribution in [2.75, 3.05) is 27.2 Å². The third-order valence-corrected chi connectivity index (χ3v) is 7.48. The molecule has 9 heteroatoms. The number of hydrogen-bond donors (Lipinski definition) is 0. The van der Waals surface area contributed by atoms with Gasteiger partial charge in [0.05, 0.1) is 24.5 Å². The number of amides is 1. The SMILES string of the molecule is CCOc1cc([C@H](C)N2CC3(CC3)c3c(CN(C)C)cc(Cn4ccnc4Cl)cc3C2=O)ncc1F. The van der Waals surface area contributed by atoms with Crippen molar-refractivity contribution in [1.29, 1.82) is 0 Å². The van der Waals surface area contributed by atoms with E-state index in [1.165, 1.54) is 17.3 Å². The van der Waals surface area contributed by atoms with Crippen molar-refractivity contribution in [3.63, 3.8) is 0 Å². The molecule has 1 aliphatic heterocycles. The molecule has 36 heavy (non-hydrogen) atoms. The predicted octanol–water partition coefficient (Wildman–Crippen LogP) is 4.83. The van der Waals surface area contributed by atoms with Gasteiger partial charge in [-0.25, -0.2) is 9.37 Å². The van der Waals surface area contributed by atoms with Gasteiger partial charge >= 0.3 is 0 Å². The molecule has 1 aliphatic carbocycles. The van der Waals surface area contributed by atoms with Gasteiger partial charge in [-0.1, -0.05) is 6.07 Å². The van der Waals surface area contributed by atoms with Crippen molar-refractivity contribution in [2.24, 2.45) is 0 Å². The van der Waals surface area contributed by atoms with Gasteiger partial charge < -0.3 is 19.1 Å². The third kappa shape index (κ3) is 4.48. The molecular weight excluding hydrogens is 481 g/mol. The second kappa shape index (κ2) is 9.48. The maximum absolute atomic E-state index is 14.2. The number of fused-ring (bicyclic) bond motifs is 2. The van der Waals surface area contributed by atoms with E-state index in [-0.39, 0.29) is 23.1 Å². The molecule has 2 aliphatic rings. The topological polar surface area (TPSA) is 63.5 Å². The van der Waals surface area contributed by atoms with Gasteiger partial charge in [0.25, 0.3) is 5.91 Å². The second-order valence-electron chi connectivity index (χ2n) is 10.1. The summed E-state index contributed by atoms with van der Waals surface area (Å²) in [7, 11) is 4.08. The van der Waals surface area contributed by atoms with E-state index in [2.05, 4.69) is 20.9 Å². The molecule has 3 aromatic rings. The lowest BCUT2D eigenvalue weighted by Crippen LogP contribution is -2.45. The van der Waals surface area contributed by atoms with Crippen LogP contribution in [0.2, 0.25) is 5.28 Å². The summed E-state index contributed by atoms with van der Waals surface area (Å²) in [5.41, 5.74) is 4.65. The van der Waals surface area contributed by atoms with Crippen LogP contribution in [0.3, 0.4) is 0 Å². The Balaban J connectivity index is 1.56. The summed E-state index contributed by atoms with van der Waals surface area (Å²) in [5, 5.41) is 0.412. The van der Waals surface area contributed by atoms with E-state index in [1.54, 1.807) is 12.3 Å². The summed E-state index contributed by atoms with van der Waals surface area (Å²) >= 11 is 6.24. The summed E-state index contributed by atoms with van der Waals surface area (Å²) in [6.07, 6.45) is 6.74. The molecule has 7 nitrogen and oxygen atoms in total. The average Bonchev–Trinajstić information content (AvgIpc) is 3.49. The first kappa shape index (κ1) is 24.7. The molecule has 0 radical (unpaired) electrons. The van der Waals surface area contributed by atoms with E-state index in [1.807, 2.05) is 49.7 Å². The standard InChI is InChI=1S/C27H31ClFN5O2/c1-5-36-23-12-22(31-13-21(23)29)17(2)34-16-27(6-7-27)24-19(15-32(3)4)10-18(11-20(24)25(34)35)14-33-9-8-30-26(33)28/h8-13,17H,5-7,14-16H2,1-4H3/t17-/m0/s1. The highest BCUT2D eigenvalue weighted by atomic mass is 35.5. The summed E-state index contributed by atoms with van der Waals surface area (Å²) in [4.78, 5) is 26.5. The minimum absolute atomic E-state index is 0.0299. The van der Waals surface area contributed by atoms with Crippen LogP contribution in [-0.4, -0.2) is 57.5 Å². The highest BCUT2D eigenvalue weighted by Gasteiger charge is 2.53. The first-order valence-corrected chi connectivity index (χ1v) is 12.7. The van der Waals surface area contributed by atoms with E-state index in [9.17, 15) is 9.18 Å². The lowest BCUT2D eigenvalue weighted by atomic mass is 9.81. The van der Waals surface area contributed by atoms with Crippen LogP contribution in [0.15, 0.2) is 36.8 Å². The van der Waals surface area contributed by atoms with Crippen molar-refractivity contribution >= 4 is 17.5 Å². The fraction of sp³-hybridized carbons (Fsp3) is 0.444. The van der Waals surface area contributed by atoms with Crippen LogP contribution in [0.4, 0.5) is 4.39 Å². The maximum atomic E-state index is 14.2. The zero-order valence-corrected chi connectivity index (χ0v) is 21.8. The second-order valence-corrected chi connectivity index (χ2v) is 10.4. The number of benzene rings is 1. The number of pyridine rings is 1. The number of nitrogens with zero attached hydrogens (tertiary/aromatic N) is 5. The Morgan fingerprint density at radius 3 is 2.67 bits per heavy atom. The Kier molecular flexibility index (Phi) is 6.51. The summed E-state index contributed by atoms with van der Waals surface area (Å²) in [6.45, 7) is 6.01. The van der Waals surface area contributed by atoms with Gasteiger partial charge in [-0.3, -0.25) is 9.78 Å². The largest absolute Gasteiger partial charge is 0.491 e. The van der Waals surface area contributed by atoms with Gasteiger partial charge in [0.1, 0.15) is 0 Å². The van der Waals surface area contributed by atoms with Crippen molar-refractivity contribution in [1.82, 2.24) is 24.3 Å². The van der Waals surface area contributed by atoms with Gasteiger partial charge in [0, 0.05) is 49.1 Å². The van der Waals surface area contributed by atoms with Crippen LogP contribution in [0.5, 0.6) is 5.75 Å². The van der Waals surface area contributed by atoms with Crippen molar-refractivity contribution in [3.8, 4) is 5.75 Å². The molecule has 1 spiro atoms. The molecule has 3 heterocycles. The predicted molar refractivity (Wildman–Crippen MR) is 136 cm³/mol. The van der Waals surface area contributed by atoms with Gasteiger partial charge in [-0.15, -0.1) is 0 Å². The van der Waals surface area contributed by atoms with E-state index < -0.39 is 5.82 Å². The maximum Gasteiger partial charge on any atom is 0.254 e. The van der Waals surface area contributed by atoms with Gasteiger partial charge in [0.2, 0.25) is 5.28 Å². The fourth-order valence-electron chi connectivity index (χ4n) is 5.34. The van der Waals surface area contributed by atoms with Crippen LogP contribution in [0.25, 0.3) is 0 Å². The average molecular weight is 512 g/mol. The van der Waals surface area contributed by atoms with Crippen molar-refractivity contribution in [2.45, 2.75) is 51.2 Å². The first-order valence-electron chi connectivity index (χ1n) is 12.3. The normalized spacial score (nSPS) is 17.0. The zero-order valence-electron chi connectivity index (χ0n) is 21.1. The Morgan fingerprint density at radius 2 is 2.03 bits per heavy atom. The highest BCUT2D eigenvalue weighted by Crippen LogP contribution is 2.55. The monoisotopic (exact) mass is 511 g/mol. The number of ether oxygens (including phenoxy) is 1. The molecule has 5 rings (SSSR count). The molecule has 0 N–H and O–H groups in total. The Morgan fingerprint density at radius 1 is 1.25 bits per heavy atom. The fourth-order valence-corrected chi connectivity index (χ4v) is 5.51. The molecule has 190 valence electrons. The Hall–Kier alpha value is -2.97. The molecule has 1 saturated carbocycles. The summed E-state index contributed by atoms with van der Waals surface area (Å²) < 4.78 is 21.5. The number of carbonyl (C=O) groups excluding carboxylic acids is 1. The minimum Gasteiger partial charge on any atom is -0.491 e. The summed E-state index contributed by atoms with van der Waals surface area (Å²) in [5.74, 6) is -0.372. The molecule has 1 atom stereocenters. The first-order chi connectivity index (χ1) is 17.2. The van der Waals surface area contributed by atoms with Crippen LogP contribution in [0, 0.1) is 5.82 Å². The molecule has 0 bridgehead atoms. The van der Waals surface area contributed by atoms with Crippen molar-refractivity contribution in [3.05, 3.63) is 75.8 Å². The molecule has 0 saturated heterocycles. The highest BCUT2D eigenvalue weighted by molar-refractivity contribution is 6.28. The number of aromatic nitrogens is 3. The van der Waals surface area contributed by atoms with E-state index in [4.69, 9.17) is 16.3 Å². The molecule has 1 amide bonds.